The van der Waals surface area contributed by atoms with Crippen LogP contribution in [-0.4, -0.2) is 16.5 Å². The number of hydrogen-bond donors (Lipinski definition) is 1. The van der Waals surface area contributed by atoms with Gasteiger partial charge in [-0.2, -0.15) is 0 Å². The average Bonchev–Trinajstić information content (AvgIpc) is 2.44. The van der Waals surface area contributed by atoms with Crippen molar-refractivity contribution in [1.82, 2.24) is 15.3 Å². The molecule has 3 nitrogen and oxygen atoms in total. The molecule has 0 saturated heterocycles. The predicted molar refractivity (Wildman–Crippen MR) is 80.9 cm³/mol. The highest BCUT2D eigenvalue weighted by atomic mass is 79.9. The summed E-state index contributed by atoms with van der Waals surface area (Å²) in [6.45, 7) is 3.16. The molecule has 0 aromatic carbocycles. The first-order valence-corrected chi connectivity index (χ1v) is 7.32. The Morgan fingerprint density at radius 3 is 2.89 bits per heavy atom. The van der Waals surface area contributed by atoms with E-state index in [1.807, 2.05) is 24.5 Å². The lowest BCUT2D eigenvalue weighted by Crippen LogP contribution is -2.24. The molecule has 0 spiro atoms. The van der Waals surface area contributed by atoms with Crippen molar-refractivity contribution in [3.8, 4) is 0 Å². The molecule has 19 heavy (non-hydrogen) atoms. The third kappa shape index (κ3) is 4.40. The highest BCUT2D eigenvalue weighted by Gasteiger charge is 2.12. The van der Waals surface area contributed by atoms with Crippen LogP contribution in [0.2, 0.25) is 0 Å². The van der Waals surface area contributed by atoms with E-state index in [2.05, 4.69) is 50.3 Å². The Labute approximate surface area is 122 Å². The normalized spacial score (nSPS) is 12.3. The highest BCUT2D eigenvalue weighted by molar-refractivity contribution is 9.10. The minimum Gasteiger partial charge on any atom is -0.310 e. The van der Waals surface area contributed by atoms with E-state index < -0.39 is 0 Å². The van der Waals surface area contributed by atoms with Crippen LogP contribution in [0.25, 0.3) is 0 Å². The minimum atomic E-state index is 0.250. The SMILES string of the molecule is CCCNC(Cc1ccccn1)c1cncc(Br)c1. The number of hydrogen-bond acceptors (Lipinski definition) is 3. The molecule has 1 atom stereocenters. The Balaban J connectivity index is 2.16. The van der Waals surface area contributed by atoms with Crippen LogP contribution < -0.4 is 5.32 Å². The van der Waals surface area contributed by atoms with Gasteiger partial charge < -0.3 is 5.32 Å². The number of nitrogens with one attached hydrogen (secondary N) is 1. The number of halogens is 1. The van der Waals surface area contributed by atoms with Crippen LogP contribution in [0.4, 0.5) is 0 Å². The van der Waals surface area contributed by atoms with Crippen molar-refractivity contribution in [2.45, 2.75) is 25.8 Å². The molecular formula is C15H18BrN3. The molecule has 0 aliphatic carbocycles. The Morgan fingerprint density at radius 2 is 2.21 bits per heavy atom. The topological polar surface area (TPSA) is 37.8 Å². The van der Waals surface area contributed by atoms with Gasteiger partial charge in [-0.1, -0.05) is 13.0 Å². The molecule has 0 radical (unpaired) electrons. The fourth-order valence-corrected chi connectivity index (χ4v) is 2.36. The quantitative estimate of drug-likeness (QED) is 0.885. The molecule has 0 aliphatic rings. The van der Waals surface area contributed by atoms with Gasteiger partial charge in [-0.15, -0.1) is 0 Å². The van der Waals surface area contributed by atoms with E-state index in [1.54, 1.807) is 6.20 Å². The summed E-state index contributed by atoms with van der Waals surface area (Å²) in [5.41, 5.74) is 2.28. The molecule has 4 heteroatoms. The Kier molecular flexibility index (Phi) is 5.48. The number of nitrogens with zero attached hydrogens (tertiary/aromatic N) is 2. The molecule has 2 rings (SSSR count). The van der Waals surface area contributed by atoms with Gasteiger partial charge in [0.05, 0.1) is 0 Å². The molecule has 100 valence electrons. The van der Waals surface area contributed by atoms with Gasteiger partial charge in [-0.3, -0.25) is 9.97 Å². The van der Waals surface area contributed by atoms with E-state index in [4.69, 9.17) is 0 Å². The average molecular weight is 320 g/mol. The molecule has 0 saturated carbocycles. The molecular weight excluding hydrogens is 302 g/mol. The van der Waals surface area contributed by atoms with Crippen molar-refractivity contribution in [2.75, 3.05) is 6.54 Å². The largest absolute Gasteiger partial charge is 0.310 e. The summed E-state index contributed by atoms with van der Waals surface area (Å²) in [5.74, 6) is 0. The van der Waals surface area contributed by atoms with Crippen LogP contribution in [0, 0.1) is 0 Å². The van der Waals surface area contributed by atoms with E-state index in [1.165, 1.54) is 5.56 Å². The number of pyridine rings is 2. The fourth-order valence-electron chi connectivity index (χ4n) is 1.97. The summed E-state index contributed by atoms with van der Waals surface area (Å²) in [7, 11) is 0. The van der Waals surface area contributed by atoms with Crippen molar-refractivity contribution >= 4 is 15.9 Å². The lowest BCUT2D eigenvalue weighted by molar-refractivity contribution is 0.523. The lowest BCUT2D eigenvalue weighted by atomic mass is 10.0. The third-order valence-corrected chi connectivity index (χ3v) is 3.34. The maximum atomic E-state index is 4.40. The molecule has 0 aliphatic heterocycles. The van der Waals surface area contributed by atoms with Crippen LogP contribution in [0.5, 0.6) is 0 Å². The highest BCUT2D eigenvalue weighted by Crippen LogP contribution is 2.20. The minimum absolute atomic E-state index is 0.250. The Bertz CT molecular complexity index is 502. The monoisotopic (exact) mass is 319 g/mol. The number of rotatable bonds is 6. The van der Waals surface area contributed by atoms with E-state index in [0.717, 1.165) is 29.6 Å². The van der Waals surface area contributed by atoms with Crippen LogP contribution in [-0.2, 0) is 6.42 Å². The molecule has 0 amide bonds. The van der Waals surface area contributed by atoms with Gasteiger partial charge in [0.25, 0.3) is 0 Å². The standard InChI is InChI=1S/C15H18BrN3/c1-2-6-19-15(9-14-5-3-4-7-18-14)12-8-13(16)11-17-10-12/h3-5,7-8,10-11,15,19H,2,6,9H2,1H3. The van der Waals surface area contributed by atoms with E-state index in [9.17, 15) is 0 Å². The summed E-state index contributed by atoms with van der Waals surface area (Å²) >= 11 is 3.48. The maximum Gasteiger partial charge on any atom is 0.0422 e. The summed E-state index contributed by atoms with van der Waals surface area (Å²) in [6, 6.07) is 8.40. The molecule has 2 aromatic rings. The first-order valence-electron chi connectivity index (χ1n) is 6.53. The van der Waals surface area contributed by atoms with Gasteiger partial charge in [-0.25, -0.2) is 0 Å². The second kappa shape index (κ2) is 7.36. The first-order chi connectivity index (χ1) is 9.29. The van der Waals surface area contributed by atoms with E-state index in [-0.39, 0.29) is 6.04 Å². The Hall–Kier alpha value is -1.26. The zero-order valence-electron chi connectivity index (χ0n) is 11.0. The second-order valence-electron chi connectivity index (χ2n) is 4.47. The maximum absolute atomic E-state index is 4.40. The first kappa shape index (κ1) is 14.2. The van der Waals surface area contributed by atoms with Crippen molar-refractivity contribution in [3.05, 3.63) is 58.6 Å². The van der Waals surface area contributed by atoms with Gasteiger partial charge in [0.1, 0.15) is 0 Å². The summed E-state index contributed by atoms with van der Waals surface area (Å²) in [4.78, 5) is 8.65. The fraction of sp³-hybridized carbons (Fsp3) is 0.333. The second-order valence-corrected chi connectivity index (χ2v) is 5.38. The Morgan fingerprint density at radius 1 is 1.32 bits per heavy atom. The van der Waals surface area contributed by atoms with Crippen LogP contribution in [0.1, 0.15) is 30.6 Å². The van der Waals surface area contributed by atoms with E-state index >= 15 is 0 Å². The molecule has 0 bridgehead atoms. The molecule has 1 N–H and O–H groups in total. The number of aromatic nitrogens is 2. The zero-order valence-corrected chi connectivity index (χ0v) is 12.6. The van der Waals surface area contributed by atoms with E-state index in [0.29, 0.717) is 0 Å². The lowest BCUT2D eigenvalue weighted by Gasteiger charge is -2.18. The van der Waals surface area contributed by atoms with Crippen molar-refractivity contribution in [1.29, 1.82) is 0 Å². The summed E-state index contributed by atoms with van der Waals surface area (Å²) in [6.07, 6.45) is 7.55. The van der Waals surface area contributed by atoms with Crippen molar-refractivity contribution < 1.29 is 0 Å². The molecule has 0 fully saturated rings. The molecule has 2 heterocycles. The van der Waals surface area contributed by atoms with Gasteiger partial charge in [0, 0.05) is 41.2 Å². The summed E-state index contributed by atoms with van der Waals surface area (Å²) in [5, 5.41) is 3.56. The zero-order chi connectivity index (χ0) is 13.5. The van der Waals surface area contributed by atoms with Gasteiger partial charge in [-0.05, 0) is 52.7 Å². The van der Waals surface area contributed by atoms with Crippen LogP contribution in [0.15, 0.2) is 47.3 Å². The smallest absolute Gasteiger partial charge is 0.0422 e. The van der Waals surface area contributed by atoms with Gasteiger partial charge >= 0.3 is 0 Å². The summed E-state index contributed by atoms with van der Waals surface area (Å²) < 4.78 is 1.01. The van der Waals surface area contributed by atoms with Crippen LogP contribution >= 0.6 is 15.9 Å². The van der Waals surface area contributed by atoms with Crippen LogP contribution in [0.3, 0.4) is 0 Å². The van der Waals surface area contributed by atoms with Crippen molar-refractivity contribution in [3.63, 3.8) is 0 Å². The predicted octanol–water partition coefficient (Wildman–Crippen LogP) is 3.52. The van der Waals surface area contributed by atoms with Crippen molar-refractivity contribution in [2.24, 2.45) is 0 Å². The molecule has 2 aromatic heterocycles. The molecule has 1 unspecified atom stereocenters. The van der Waals surface area contributed by atoms with Gasteiger partial charge in [0.2, 0.25) is 0 Å². The third-order valence-electron chi connectivity index (χ3n) is 2.91. The van der Waals surface area contributed by atoms with Gasteiger partial charge in [0.15, 0.2) is 0 Å².